The van der Waals surface area contributed by atoms with Crippen molar-refractivity contribution in [1.82, 2.24) is 10.0 Å². The second kappa shape index (κ2) is 6.96. The molecular weight excluding hydrogens is 370 g/mol. The largest absolute Gasteiger partial charge is 0.309 e. The summed E-state index contributed by atoms with van der Waals surface area (Å²) in [5, 5.41) is 3.39. The molecule has 2 N–H and O–H groups in total. The molecule has 2 heterocycles. The van der Waals surface area contributed by atoms with Gasteiger partial charge in [-0.1, -0.05) is 30.3 Å². The van der Waals surface area contributed by atoms with Gasteiger partial charge in [-0.15, -0.1) is 0 Å². The molecule has 2 bridgehead atoms. The number of rotatable bonds is 5. The number of nitrogens with one attached hydrogen (secondary N) is 2. The molecule has 144 valence electrons. The molecule has 2 aliphatic heterocycles. The molecule has 3 fully saturated rings. The summed E-state index contributed by atoms with van der Waals surface area (Å²) < 4.78 is 55.5. The molecule has 27 heavy (non-hydrogen) atoms. The van der Waals surface area contributed by atoms with Crippen LogP contribution in [0.25, 0.3) is 11.1 Å². The molecule has 2 aromatic rings. The maximum atomic E-state index is 15.1. The van der Waals surface area contributed by atoms with Crippen LogP contribution in [-0.4, -0.2) is 32.8 Å². The van der Waals surface area contributed by atoms with Gasteiger partial charge in [-0.2, -0.15) is 0 Å². The SMILES string of the molecule is CS(=O)(=O)N[C@H]1C2CC(C2)N[C@H]1Cc1cc(F)cc(-c2ccccc2)c1F. The van der Waals surface area contributed by atoms with Crippen LogP contribution in [0, 0.1) is 17.6 Å². The zero-order valence-electron chi connectivity index (χ0n) is 15.0. The highest BCUT2D eigenvalue weighted by Gasteiger charge is 2.46. The van der Waals surface area contributed by atoms with Crippen molar-refractivity contribution < 1.29 is 17.2 Å². The van der Waals surface area contributed by atoms with E-state index in [1.165, 1.54) is 12.1 Å². The second-order valence-corrected chi connectivity index (χ2v) is 9.39. The van der Waals surface area contributed by atoms with Gasteiger partial charge in [0.15, 0.2) is 0 Å². The summed E-state index contributed by atoms with van der Waals surface area (Å²) in [5.41, 5.74) is 1.09. The van der Waals surface area contributed by atoms with Gasteiger partial charge in [-0.3, -0.25) is 0 Å². The Bertz CT molecular complexity index is 944. The fourth-order valence-electron chi connectivity index (χ4n) is 4.30. The number of sulfonamides is 1. The van der Waals surface area contributed by atoms with E-state index in [0.29, 0.717) is 11.6 Å². The van der Waals surface area contributed by atoms with Crippen LogP contribution >= 0.6 is 0 Å². The van der Waals surface area contributed by atoms with Crippen molar-refractivity contribution in [2.24, 2.45) is 5.92 Å². The van der Waals surface area contributed by atoms with Crippen molar-refractivity contribution in [2.75, 3.05) is 6.26 Å². The van der Waals surface area contributed by atoms with Gasteiger partial charge in [0.1, 0.15) is 11.6 Å². The van der Waals surface area contributed by atoms with Gasteiger partial charge in [0.05, 0.1) is 6.26 Å². The average Bonchev–Trinajstić information content (AvgIpc) is 2.57. The molecule has 0 radical (unpaired) electrons. The lowest BCUT2D eigenvalue weighted by molar-refractivity contribution is 0.0809. The molecule has 2 saturated heterocycles. The summed E-state index contributed by atoms with van der Waals surface area (Å²) >= 11 is 0. The Morgan fingerprint density at radius 2 is 1.85 bits per heavy atom. The summed E-state index contributed by atoms with van der Waals surface area (Å²) in [6.07, 6.45) is 3.17. The van der Waals surface area contributed by atoms with E-state index >= 15 is 4.39 Å². The molecule has 0 amide bonds. The lowest BCUT2D eigenvalue weighted by Crippen LogP contribution is -2.67. The van der Waals surface area contributed by atoms with Crippen molar-refractivity contribution in [3.05, 3.63) is 59.7 Å². The standard InChI is InChI=1S/C20H22F2N2O2S/c1-27(25,26)24-20-14-8-16(9-14)23-18(20)10-13-7-15(21)11-17(19(13)22)12-5-3-2-4-6-12/h2-7,11,14,16,18,20,23-24H,8-10H2,1H3/t14?,16?,18-,20-/m0/s1. The van der Waals surface area contributed by atoms with Crippen LogP contribution in [0.3, 0.4) is 0 Å². The molecule has 5 rings (SSSR count). The Kier molecular flexibility index (Phi) is 4.78. The van der Waals surface area contributed by atoms with Gasteiger partial charge in [-0.05, 0) is 48.4 Å². The van der Waals surface area contributed by atoms with E-state index in [0.717, 1.165) is 19.1 Å². The zero-order chi connectivity index (χ0) is 19.2. The smallest absolute Gasteiger partial charge is 0.209 e. The van der Waals surface area contributed by atoms with Crippen LogP contribution in [0.1, 0.15) is 18.4 Å². The predicted octanol–water partition coefficient (Wildman–Crippen LogP) is 2.84. The predicted molar refractivity (Wildman–Crippen MR) is 101 cm³/mol. The minimum atomic E-state index is -3.38. The number of halogens is 2. The molecule has 7 heteroatoms. The summed E-state index contributed by atoms with van der Waals surface area (Å²) in [7, 11) is -3.38. The van der Waals surface area contributed by atoms with Crippen molar-refractivity contribution >= 4 is 10.0 Å². The van der Waals surface area contributed by atoms with E-state index in [-0.39, 0.29) is 35.5 Å². The van der Waals surface area contributed by atoms with Crippen LogP contribution in [0.5, 0.6) is 0 Å². The fraction of sp³-hybridized carbons (Fsp3) is 0.400. The number of hydrogen-bond acceptors (Lipinski definition) is 3. The molecule has 0 aromatic heterocycles. The van der Waals surface area contributed by atoms with Crippen LogP contribution in [0.15, 0.2) is 42.5 Å². The molecule has 2 atom stereocenters. The maximum Gasteiger partial charge on any atom is 0.209 e. The van der Waals surface area contributed by atoms with Gasteiger partial charge < -0.3 is 5.32 Å². The number of fused-ring (bicyclic) bond motifs is 2. The summed E-state index contributed by atoms with van der Waals surface area (Å²) in [4.78, 5) is 0. The highest BCUT2D eigenvalue weighted by atomic mass is 32.2. The minimum absolute atomic E-state index is 0.221. The third-order valence-electron chi connectivity index (χ3n) is 5.55. The van der Waals surface area contributed by atoms with E-state index in [1.807, 2.05) is 6.07 Å². The Balaban J connectivity index is 1.65. The van der Waals surface area contributed by atoms with Gasteiger partial charge >= 0.3 is 0 Å². The third-order valence-corrected chi connectivity index (χ3v) is 6.25. The number of hydrogen-bond donors (Lipinski definition) is 2. The van der Waals surface area contributed by atoms with E-state index < -0.39 is 21.7 Å². The van der Waals surface area contributed by atoms with Crippen molar-refractivity contribution in [1.29, 1.82) is 0 Å². The molecule has 2 aromatic carbocycles. The summed E-state index contributed by atoms with van der Waals surface area (Å²) in [5.74, 6) is -0.721. The van der Waals surface area contributed by atoms with E-state index in [2.05, 4.69) is 10.0 Å². The van der Waals surface area contributed by atoms with Crippen LogP contribution in [0.4, 0.5) is 8.78 Å². The monoisotopic (exact) mass is 392 g/mol. The van der Waals surface area contributed by atoms with E-state index in [9.17, 15) is 12.8 Å². The Morgan fingerprint density at radius 1 is 1.15 bits per heavy atom. The zero-order valence-corrected chi connectivity index (χ0v) is 15.8. The summed E-state index contributed by atoms with van der Waals surface area (Å²) in [6.45, 7) is 0. The molecule has 0 spiro atoms. The lowest BCUT2D eigenvalue weighted by atomic mass is 9.68. The van der Waals surface area contributed by atoms with Crippen LogP contribution in [-0.2, 0) is 16.4 Å². The Hall–Kier alpha value is -1.83. The summed E-state index contributed by atoms with van der Waals surface area (Å²) in [6, 6.07) is 11.0. The lowest BCUT2D eigenvalue weighted by Gasteiger charge is -2.52. The highest BCUT2D eigenvalue weighted by molar-refractivity contribution is 7.88. The molecular formula is C20H22F2N2O2S. The third kappa shape index (κ3) is 3.90. The first-order valence-corrected chi connectivity index (χ1v) is 11.0. The van der Waals surface area contributed by atoms with Crippen LogP contribution in [0.2, 0.25) is 0 Å². The van der Waals surface area contributed by atoms with Crippen molar-refractivity contribution in [3.8, 4) is 11.1 Å². The minimum Gasteiger partial charge on any atom is -0.309 e. The molecule has 3 aliphatic rings. The van der Waals surface area contributed by atoms with Gasteiger partial charge in [0, 0.05) is 23.7 Å². The first kappa shape index (κ1) is 18.5. The fourth-order valence-corrected chi connectivity index (χ4v) is 5.15. The molecule has 4 nitrogen and oxygen atoms in total. The quantitative estimate of drug-likeness (QED) is 0.823. The molecule has 0 unspecified atom stereocenters. The highest BCUT2D eigenvalue weighted by Crippen LogP contribution is 2.38. The first-order chi connectivity index (χ1) is 12.8. The van der Waals surface area contributed by atoms with Gasteiger partial charge in [-0.25, -0.2) is 21.9 Å². The van der Waals surface area contributed by atoms with Crippen molar-refractivity contribution in [3.63, 3.8) is 0 Å². The molecule has 1 saturated carbocycles. The first-order valence-electron chi connectivity index (χ1n) is 9.07. The van der Waals surface area contributed by atoms with E-state index in [4.69, 9.17) is 0 Å². The van der Waals surface area contributed by atoms with E-state index in [1.54, 1.807) is 24.3 Å². The number of benzene rings is 2. The number of piperidine rings is 2. The molecule has 1 aliphatic carbocycles. The van der Waals surface area contributed by atoms with Crippen molar-refractivity contribution in [2.45, 2.75) is 37.4 Å². The topological polar surface area (TPSA) is 58.2 Å². The average molecular weight is 392 g/mol. The Morgan fingerprint density at radius 3 is 2.52 bits per heavy atom. The van der Waals surface area contributed by atoms with Crippen LogP contribution < -0.4 is 10.0 Å². The maximum absolute atomic E-state index is 15.1. The second-order valence-electron chi connectivity index (χ2n) is 7.61. The Labute approximate surface area is 158 Å². The van der Waals surface area contributed by atoms with Gasteiger partial charge in [0.2, 0.25) is 10.0 Å². The van der Waals surface area contributed by atoms with Gasteiger partial charge in [0.25, 0.3) is 0 Å². The normalized spacial score (nSPS) is 27.2.